The maximum absolute atomic E-state index is 12.5. The summed E-state index contributed by atoms with van der Waals surface area (Å²) in [6, 6.07) is 11.2. The number of ether oxygens (including phenoxy) is 1. The van der Waals surface area contributed by atoms with Crippen LogP contribution in [-0.2, 0) is 0 Å². The van der Waals surface area contributed by atoms with E-state index in [2.05, 4.69) is 20.6 Å². The van der Waals surface area contributed by atoms with Gasteiger partial charge in [-0.05, 0) is 43.2 Å². The molecule has 0 saturated heterocycles. The van der Waals surface area contributed by atoms with Gasteiger partial charge in [0.25, 0.3) is 5.91 Å². The first-order valence-electron chi connectivity index (χ1n) is 8.27. The molecule has 2 N–H and O–H groups in total. The smallest absolute Gasteiger partial charge is 0.258 e. The summed E-state index contributed by atoms with van der Waals surface area (Å²) < 4.78 is 5.18. The van der Waals surface area contributed by atoms with Gasteiger partial charge in [0.05, 0.1) is 23.4 Å². The molecule has 3 aromatic rings. The van der Waals surface area contributed by atoms with Gasteiger partial charge in [-0.25, -0.2) is 9.97 Å². The maximum Gasteiger partial charge on any atom is 0.258 e. The van der Waals surface area contributed by atoms with E-state index in [4.69, 9.17) is 16.3 Å². The van der Waals surface area contributed by atoms with Crippen molar-refractivity contribution in [2.24, 2.45) is 0 Å². The van der Waals surface area contributed by atoms with E-state index in [0.717, 1.165) is 22.6 Å². The minimum absolute atomic E-state index is 0.322. The lowest BCUT2D eigenvalue weighted by atomic mass is 10.1. The van der Waals surface area contributed by atoms with Gasteiger partial charge in [0.1, 0.15) is 5.75 Å². The quantitative estimate of drug-likeness (QED) is 0.665. The molecule has 1 amide bonds. The van der Waals surface area contributed by atoms with Gasteiger partial charge in [0, 0.05) is 24.1 Å². The van der Waals surface area contributed by atoms with E-state index >= 15 is 0 Å². The Bertz CT molecular complexity index is 951. The van der Waals surface area contributed by atoms with Gasteiger partial charge in [0.15, 0.2) is 0 Å². The highest BCUT2D eigenvalue weighted by Gasteiger charge is 2.12. The zero-order chi connectivity index (χ0) is 19.4. The van der Waals surface area contributed by atoms with Crippen LogP contribution in [0.1, 0.15) is 21.5 Å². The van der Waals surface area contributed by atoms with Crippen molar-refractivity contribution in [3.05, 3.63) is 70.5 Å². The summed E-state index contributed by atoms with van der Waals surface area (Å²) in [4.78, 5) is 20.9. The van der Waals surface area contributed by atoms with Crippen molar-refractivity contribution in [2.45, 2.75) is 13.8 Å². The third kappa shape index (κ3) is 4.54. The number of hydrogen-bond acceptors (Lipinski definition) is 5. The summed E-state index contributed by atoms with van der Waals surface area (Å²) in [6.07, 6.45) is 2.92. The second-order valence-electron chi connectivity index (χ2n) is 6.05. The highest BCUT2D eigenvalue weighted by molar-refractivity contribution is 6.34. The first-order chi connectivity index (χ1) is 13.0. The van der Waals surface area contributed by atoms with Gasteiger partial charge < -0.3 is 15.4 Å². The van der Waals surface area contributed by atoms with E-state index in [1.54, 1.807) is 7.11 Å². The van der Waals surface area contributed by atoms with Crippen LogP contribution in [0.25, 0.3) is 0 Å². The number of aryl methyl sites for hydroxylation is 2. The summed E-state index contributed by atoms with van der Waals surface area (Å²) in [5.41, 5.74) is 3.64. The van der Waals surface area contributed by atoms with E-state index in [-0.39, 0.29) is 5.91 Å². The lowest BCUT2D eigenvalue weighted by molar-refractivity contribution is 0.102. The molecule has 0 bridgehead atoms. The number of carbonyl (C=O) groups excluding carboxylic acids is 1. The molecular formula is C20H19ClN4O2. The Morgan fingerprint density at radius 3 is 2.52 bits per heavy atom. The van der Waals surface area contributed by atoms with Crippen LogP contribution in [0.3, 0.4) is 0 Å². The third-order valence-corrected chi connectivity index (χ3v) is 4.21. The van der Waals surface area contributed by atoms with E-state index < -0.39 is 0 Å². The fraction of sp³-hybridized carbons (Fsp3) is 0.150. The topological polar surface area (TPSA) is 76.1 Å². The highest BCUT2D eigenvalue weighted by atomic mass is 35.5. The number of methoxy groups -OCH3 is 1. The van der Waals surface area contributed by atoms with Crippen LogP contribution in [0.4, 0.5) is 17.3 Å². The first-order valence-corrected chi connectivity index (χ1v) is 8.65. The minimum atomic E-state index is -0.322. The van der Waals surface area contributed by atoms with Crippen molar-refractivity contribution in [2.75, 3.05) is 17.7 Å². The molecule has 0 aliphatic heterocycles. The van der Waals surface area contributed by atoms with Crippen LogP contribution in [0.2, 0.25) is 5.02 Å². The largest absolute Gasteiger partial charge is 0.497 e. The number of carbonyl (C=O) groups is 1. The second kappa shape index (κ2) is 8.05. The van der Waals surface area contributed by atoms with Crippen molar-refractivity contribution in [1.29, 1.82) is 0 Å². The first kappa shape index (κ1) is 18.7. The highest BCUT2D eigenvalue weighted by Crippen LogP contribution is 2.27. The standard InChI is InChI=1S/C20H19ClN4O2/c1-12-7-13(2)18(17(21)8-12)25-19(26)14-10-22-20(23-11-14)24-15-5-4-6-16(9-15)27-3/h4-11H,1-3H3,(H,25,26)(H,22,23,24). The van der Waals surface area contributed by atoms with E-state index in [1.807, 2.05) is 50.2 Å². The minimum Gasteiger partial charge on any atom is -0.497 e. The van der Waals surface area contributed by atoms with Crippen molar-refractivity contribution in [1.82, 2.24) is 9.97 Å². The lowest BCUT2D eigenvalue weighted by Gasteiger charge is -2.11. The molecule has 0 fully saturated rings. The fourth-order valence-corrected chi connectivity index (χ4v) is 2.97. The number of nitrogens with one attached hydrogen (secondary N) is 2. The Kier molecular flexibility index (Phi) is 5.57. The van der Waals surface area contributed by atoms with Crippen LogP contribution in [0.5, 0.6) is 5.75 Å². The second-order valence-corrected chi connectivity index (χ2v) is 6.45. The monoisotopic (exact) mass is 382 g/mol. The van der Waals surface area contributed by atoms with Gasteiger partial charge in [-0.2, -0.15) is 0 Å². The molecule has 1 aromatic heterocycles. The van der Waals surface area contributed by atoms with Crippen molar-refractivity contribution in [3.8, 4) is 5.75 Å². The molecule has 6 nitrogen and oxygen atoms in total. The zero-order valence-corrected chi connectivity index (χ0v) is 16.0. The van der Waals surface area contributed by atoms with Crippen LogP contribution in [-0.4, -0.2) is 23.0 Å². The zero-order valence-electron chi connectivity index (χ0n) is 15.2. The molecule has 0 aliphatic rings. The molecule has 0 saturated carbocycles. The average molecular weight is 383 g/mol. The lowest BCUT2D eigenvalue weighted by Crippen LogP contribution is -2.14. The molecule has 3 rings (SSSR count). The molecule has 138 valence electrons. The van der Waals surface area contributed by atoms with E-state index in [9.17, 15) is 4.79 Å². The number of halogens is 1. The molecule has 0 radical (unpaired) electrons. The van der Waals surface area contributed by atoms with E-state index in [1.165, 1.54) is 12.4 Å². The number of nitrogens with zero attached hydrogens (tertiary/aromatic N) is 2. The third-order valence-electron chi connectivity index (χ3n) is 3.91. The molecule has 2 aromatic carbocycles. The summed E-state index contributed by atoms with van der Waals surface area (Å²) in [6.45, 7) is 3.85. The molecule has 0 unspecified atom stereocenters. The predicted octanol–water partition coefficient (Wildman–Crippen LogP) is 4.75. The maximum atomic E-state index is 12.5. The summed E-state index contributed by atoms with van der Waals surface area (Å²) in [5, 5.41) is 6.38. The number of rotatable bonds is 5. The molecule has 0 atom stereocenters. The van der Waals surface area contributed by atoms with E-state index in [0.29, 0.717) is 22.2 Å². The molecule has 0 aliphatic carbocycles. The Morgan fingerprint density at radius 1 is 1.11 bits per heavy atom. The Hall–Kier alpha value is -3.12. The average Bonchev–Trinajstić information content (AvgIpc) is 2.65. The molecule has 1 heterocycles. The Balaban J connectivity index is 1.72. The predicted molar refractivity (Wildman–Crippen MR) is 107 cm³/mol. The van der Waals surface area contributed by atoms with Crippen molar-refractivity contribution < 1.29 is 9.53 Å². The molecular weight excluding hydrogens is 364 g/mol. The molecule has 0 spiro atoms. The normalized spacial score (nSPS) is 10.4. The number of benzene rings is 2. The van der Waals surface area contributed by atoms with Gasteiger partial charge >= 0.3 is 0 Å². The van der Waals surface area contributed by atoms with Crippen LogP contribution in [0.15, 0.2) is 48.8 Å². The number of aromatic nitrogens is 2. The summed E-state index contributed by atoms with van der Waals surface area (Å²) >= 11 is 6.24. The molecule has 27 heavy (non-hydrogen) atoms. The van der Waals surface area contributed by atoms with Crippen LogP contribution < -0.4 is 15.4 Å². The number of anilines is 3. The Morgan fingerprint density at radius 2 is 1.85 bits per heavy atom. The van der Waals surface area contributed by atoms with Gasteiger partial charge in [-0.1, -0.05) is 23.7 Å². The van der Waals surface area contributed by atoms with Crippen LogP contribution >= 0.6 is 11.6 Å². The Labute approximate surface area is 162 Å². The summed E-state index contributed by atoms with van der Waals surface area (Å²) in [7, 11) is 1.60. The van der Waals surface area contributed by atoms with Crippen molar-refractivity contribution >= 4 is 34.8 Å². The number of amides is 1. The summed E-state index contributed by atoms with van der Waals surface area (Å²) in [5.74, 6) is 0.780. The van der Waals surface area contributed by atoms with Gasteiger partial charge in [-0.15, -0.1) is 0 Å². The van der Waals surface area contributed by atoms with Gasteiger partial charge in [0.2, 0.25) is 5.95 Å². The SMILES string of the molecule is COc1cccc(Nc2ncc(C(=O)Nc3c(C)cc(C)cc3Cl)cn2)c1. The number of hydrogen-bond donors (Lipinski definition) is 2. The van der Waals surface area contributed by atoms with Crippen LogP contribution in [0, 0.1) is 13.8 Å². The van der Waals surface area contributed by atoms with Crippen molar-refractivity contribution in [3.63, 3.8) is 0 Å². The van der Waals surface area contributed by atoms with Gasteiger partial charge in [-0.3, -0.25) is 4.79 Å². The molecule has 7 heteroatoms. The fourth-order valence-electron chi connectivity index (χ4n) is 2.60.